The number of esters is 1. The molecule has 10 heteroatoms. The zero-order valence-electron chi connectivity index (χ0n) is 16.5. The molecule has 158 valence electrons. The zero-order valence-corrected chi connectivity index (χ0v) is 17.3. The van der Waals surface area contributed by atoms with Gasteiger partial charge in [0, 0.05) is 18.8 Å². The van der Waals surface area contributed by atoms with Crippen molar-refractivity contribution in [2.24, 2.45) is 0 Å². The maximum absolute atomic E-state index is 12.9. The van der Waals surface area contributed by atoms with Crippen LogP contribution in [0.1, 0.15) is 29.8 Å². The van der Waals surface area contributed by atoms with Crippen molar-refractivity contribution >= 4 is 27.5 Å². The van der Waals surface area contributed by atoms with Crippen LogP contribution in [0, 0.1) is 12.3 Å². The van der Waals surface area contributed by atoms with E-state index in [2.05, 4.69) is 0 Å². The molecule has 1 aliphatic heterocycles. The fraction of sp³-hybridized carbons (Fsp3) is 0.421. The van der Waals surface area contributed by atoms with Crippen molar-refractivity contribution < 1.29 is 32.6 Å². The number of allylic oxidation sites excluding steroid dienone is 1. The molecule has 0 unspecified atom stereocenters. The standard InChI is InChI=1S/C19H24N2O7S/c1-12-4-5-15(10-17(12)29(25,26)21-6-8-27-9-7-21)19(24)28-11-16(23)18(13(2)20)14(3)22/h4-5,10,20,23H,6-9,11H2,1-3H3/b18-16-,20-13?. The number of ketones is 1. The van der Waals surface area contributed by atoms with Crippen LogP contribution in [0.3, 0.4) is 0 Å². The SMILES string of the molecule is CC(=N)/C(C(C)=O)=C(/O)COC(=O)c1ccc(C)c(S(=O)(=O)N2CCOCC2)c1. The molecule has 2 rings (SSSR count). The third-order valence-electron chi connectivity index (χ3n) is 4.37. The Morgan fingerprint density at radius 2 is 1.86 bits per heavy atom. The summed E-state index contributed by atoms with van der Waals surface area (Å²) in [6, 6.07) is 4.16. The first-order valence-electron chi connectivity index (χ1n) is 8.90. The summed E-state index contributed by atoms with van der Waals surface area (Å²) in [6.45, 7) is 4.60. The van der Waals surface area contributed by atoms with E-state index in [0.717, 1.165) is 0 Å². The molecule has 0 aliphatic carbocycles. The number of carbonyl (C=O) groups is 2. The predicted molar refractivity (Wildman–Crippen MR) is 105 cm³/mol. The van der Waals surface area contributed by atoms with Gasteiger partial charge in [0.05, 0.1) is 29.2 Å². The van der Waals surface area contributed by atoms with E-state index < -0.39 is 34.1 Å². The Balaban J connectivity index is 2.24. The van der Waals surface area contributed by atoms with Crippen molar-refractivity contribution in [3.05, 3.63) is 40.7 Å². The number of sulfonamides is 1. The summed E-state index contributed by atoms with van der Waals surface area (Å²) in [5.74, 6) is -1.92. The summed E-state index contributed by atoms with van der Waals surface area (Å²) in [5.41, 5.74) is 0.0952. The number of aryl methyl sites for hydroxylation is 1. The molecule has 0 saturated carbocycles. The molecule has 0 atom stereocenters. The molecule has 1 heterocycles. The second-order valence-corrected chi connectivity index (χ2v) is 8.48. The minimum atomic E-state index is -3.80. The summed E-state index contributed by atoms with van der Waals surface area (Å²) in [6.07, 6.45) is 0. The number of Topliss-reactive ketones (excluding diaryl/α,β-unsaturated/α-hetero) is 1. The highest BCUT2D eigenvalue weighted by atomic mass is 32.2. The first kappa shape index (κ1) is 22.7. The highest BCUT2D eigenvalue weighted by Gasteiger charge is 2.28. The minimum absolute atomic E-state index is 0.00613. The fourth-order valence-electron chi connectivity index (χ4n) is 2.90. The van der Waals surface area contributed by atoms with Crippen molar-refractivity contribution in [1.82, 2.24) is 4.31 Å². The molecule has 1 saturated heterocycles. The molecule has 29 heavy (non-hydrogen) atoms. The van der Waals surface area contributed by atoms with E-state index in [1.165, 1.54) is 36.4 Å². The van der Waals surface area contributed by atoms with Gasteiger partial charge in [0.25, 0.3) is 0 Å². The first-order chi connectivity index (χ1) is 13.6. The van der Waals surface area contributed by atoms with Crippen molar-refractivity contribution in [3.63, 3.8) is 0 Å². The second-order valence-electron chi connectivity index (χ2n) is 6.58. The highest BCUT2D eigenvalue weighted by Crippen LogP contribution is 2.23. The van der Waals surface area contributed by atoms with E-state index in [0.29, 0.717) is 18.8 Å². The summed E-state index contributed by atoms with van der Waals surface area (Å²) >= 11 is 0. The van der Waals surface area contributed by atoms with Crippen LogP contribution in [-0.2, 0) is 24.3 Å². The molecule has 1 aromatic rings. The van der Waals surface area contributed by atoms with E-state index in [4.69, 9.17) is 14.9 Å². The number of benzene rings is 1. The van der Waals surface area contributed by atoms with Crippen molar-refractivity contribution in [2.75, 3.05) is 32.9 Å². The van der Waals surface area contributed by atoms with E-state index in [1.54, 1.807) is 6.92 Å². The van der Waals surface area contributed by atoms with Gasteiger partial charge in [-0.2, -0.15) is 4.31 Å². The van der Waals surface area contributed by atoms with Gasteiger partial charge >= 0.3 is 5.97 Å². The summed E-state index contributed by atoms with van der Waals surface area (Å²) in [4.78, 5) is 23.9. The lowest BCUT2D eigenvalue weighted by Crippen LogP contribution is -2.40. The number of aliphatic hydroxyl groups is 1. The number of rotatable bonds is 7. The molecular formula is C19H24N2O7S. The smallest absolute Gasteiger partial charge is 0.338 e. The van der Waals surface area contributed by atoms with Crippen LogP contribution in [0.5, 0.6) is 0 Å². The van der Waals surface area contributed by atoms with Crippen LogP contribution in [0.25, 0.3) is 0 Å². The number of nitrogens with zero attached hydrogens (tertiary/aromatic N) is 1. The molecule has 9 nitrogen and oxygen atoms in total. The topological polar surface area (TPSA) is 134 Å². The average Bonchev–Trinajstić information content (AvgIpc) is 2.66. The minimum Gasteiger partial charge on any atom is -0.508 e. The van der Waals surface area contributed by atoms with Gasteiger partial charge in [-0.05, 0) is 38.5 Å². The third kappa shape index (κ3) is 5.28. The van der Waals surface area contributed by atoms with Crippen molar-refractivity contribution in [2.45, 2.75) is 25.7 Å². The Labute approximate surface area is 169 Å². The molecule has 0 radical (unpaired) electrons. The molecular weight excluding hydrogens is 400 g/mol. The summed E-state index contributed by atoms with van der Waals surface area (Å²) < 4.78 is 37.3. The number of hydrogen-bond acceptors (Lipinski definition) is 8. The Bertz CT molecular complexity index is 945. The molecule has 0 spiro atoms. The molecule has 0 bridgehead atoms. The quantitative estimate of drug-likeness (QED) is 0.294. The van der Waals surface area contributed by atoms with E-state index in [1.807, 2.05) is 0 Å². The van der Waals surface area contributed by atoms with Crippen molar-refractivity contribution in [3.8, 4) is 0 Å². The number of nitrogens with one attached hydrogen (secondary N) is 1. The summed E-state index contributed by atoms with van der Waals surface area (Å²) in [5, 5.41) is 17.5. The van der Waals surface area contributed by atoms with Gasteiger partial charge < -0.3 is 20.0 Å². The Morgan fingerprint density at radius 3 is 2.41 bits per heavy atom. The van der Waals surface area contributed by atoms with Crippen LogP contribution >= 0.6 is 0 Å². The van der Waals surface area contributed by atoms with Gasteiger partial charge in [-0.1, -0.05) is 6.07 Å². The third-order valence-corrected chi connectivity index (χ3v) is 6.41. The van der Waals surface area contributed by atoms with E-state index in [9.17, 15) is 23.1 Å². The van der Waals surface area contributed by atoms with Crippen LogP contribution in [0.15, 0.2) is 34.4 Å². The van der Waals surface area contributed by atoms with E-state index >= 15 is 0 Å². The number of morpholine rings is 1. The van der Waals surface area contributed by atoms with Crippen LogP contribution in [0.4, 0.5) is 0 Å². The Morgan fingerprint density at radius 1 is 1.24 bits per heavy atom. The summed E-state index contributed by atoms with van der Waals surface area (Å²) in [7, 11) is -3.80. The average molecular weight is 424 g/mol. The van der Waals surface area contributed by atoms with Crippen molar-refractivity contribution in [1.29, 1.82) is 5.41 Å². The van der Waals surface area contributed by atoms with Gasteiger partial charge in [0.2, 0.25) is 10.0 Å². The van der Waals surface area contributed by atoms with Crippen LogP contribution < -0.4 is 0 Å². The lowest BCUT2D eigenvalue weighted by Gasteiger charge is -2.26. The molecule has 1 fully saturated rings. The van der Waals surface area contributed by atoms with Gasteiger partial charge in [0.1, 0.15) is 12.4 Å². The normalized spacial score (nSPS) is 16.1. The van der Waals surface area contributed by atoms with Gasteiger partial charge in [-0.3, -0.25) is 4.79 Å². The maximum Gasteiger partial charge on any atom is 0.338 e. The molecule has 0 amide bonds. The Kier molecular flexibility index (Phi) is 7.28. The lowest BCUT2D eigenvalue weighted by molar-refractivity contribution is -0.113. The monoisotopic (exact) mass is 424 g/mol. The number of hydrogen-bond donors (Lipinski definition) is 2. The highest BCUT2D eigenvalue weighted by molar-refractivity contribution is 7.89. The molecule has 2 N–H and O–H groups in total. The Hall–Kier alpha value is -2.56. The van der Waals surface area contributed by atoms with Gasteiger partial charge in [-0.25, -0.2) is 13.2 Å². The zero-order chi connectivity index (χ0) is 21.8. The fourth-order valence-corrected chi connectivity index (χ4v) is 4.56. The predicted octanol–water partition coefficient (Wildman–Crippen LogP) is 1.61. The van der Waals surface area contributed by atoms with E-state index in [-0.39, 0.29) is 34.8 Å². The largest absolute Gasteiger partial charge is 0.508 e. The first-order valence-corrected chi connectivity index (χ1v) is 10.3. The lowest BCUT2D eigenvalue weighted by atomic mass is 10.1. The van der Waals surface area contributed by atoms with Crippen LogP contribution in [-0.4, -0.2) is 68.2 Å². The number of aliphatic hydroxyl groups excluding tert-OH is 1. The molecule has 0 aromatic heterocycles. The number of carbonyl (C=O) groups excluding carboxylic acids is 2. The molecule has 1 aliphatic rings. The second kappa shape index (κ2) is 9.29. The maximum atomic E-state index is 12.9. The van der Waals surface area contributed by atoms with Crippen LogP contribution in [0.2, 0.25) is 0 Å². The van der Waals surface area contributed by atoms with Gasteiger partial charge in [0.15, 0.2) is 5.78 Å². The molecule has 1 aromatic carbocycles. The number of ether oxygens (including phenoxy) is 2. The van der Waals surface area contributed by atoms with Gasteiger partial charge in [-0.15, -0.1) is 0 Å².